The van der Waals surface area contributed by atoms with Crippen LogP contribution in [0.15, 0.2) is 0 Å². The number of unbranched alkanes of at least 4 members (excludes halogenated alkanes) is 4. The van der Waals surface area contributed by atoms with Crippen LogP contribution in [-0.4, -0.2) is 13.1 Å². The summed E-state index contributed by atoms with van der Waals surface area (Å²) in [6, 6.07) is 0. The summed E-state index contributed by atoms with van der Waals surface area (Å²) in [7, 11) is 1.48. The number of esters is 1. The van der Waals surface area contributed by atoms with Gasteiger partial charge in [-0.15, -0.1) is 0 Å². The molecular weight excluding hydrogens is 236 g/mol. The van der Waals surface area contributed by atoms with Crippen molar-refractivity contribution in [3.05, 3.63) is 0 Å². The van der Waals surface area contributed by atoms with Crippen LogP contribution in [0.25, 0.3) is 0 Å². The Kier molecular flexibility index (Phi) is 7.69. The van der Waals surface area contributed by atoms with E-state index in [1.807, 2.05) is 13.8 Å². The zero-order valence-electron chi connectivity index (χ0n) is 14.1. The fraction of sp³-hybridized carbons (Fsp3) is 0.941. The molecule has 0 fully saturated rings. The van der Waals surface area contributed by atoms with Gasteiger partial charge < -0.3 is 4.74 Å². The summed E-state index contributed by atoms with van der Waals surface area (Å²) in [4.78, 5) is 12.0. The van der Waals surface area contributed by atoms with Crippen molar-refractivity contribution >= 4 is 5.97 Å². The lowest BCUT2D eigenvalue weighted by Crippen LogP contribution is -2.44. The van der Waals surface area contributed by atoms with Crippen LogP contribution < -0.4 is 0 Å². The van der Waals surface area contributed by atoms with E-state index < -0.39 is 5.41 Å². The van der Waals surface area contributed by atoms with E-state index in [9.17, 15) is 4.79 Å². The smallest absolute Gasteiger partial charge is 0.311 e. The number of rotatable bonds is 9. The van der Waals surface area contributed by atoms with Crippen LogP contribution in [0.1, 0.15) is 80.1 Å². The van der Waals surface area contributed by atoms with Crippen LogP contribution in [0.2, 0.25) is 0 Å². The van der Waals surface area contributed by atoms with Crippen molar-refractivity contribution in [2.75, 3.05) is 7.11 Å². The average Bonchev–Trinajstić information content (AvgIpc) is 2.36. The third kappa shape index (κ3) is 4.81. The molecule has 19 heavy (non-hydrogen) atoms. The van der Waals surface area contributed by atoms with Gasteiger partial charge in [-0.3, -0.25) is 4.79 Å². The van der Waals surface area contributed by atoms with Gasteiger partial charge in [0, 0.05) is 0 Å². The second kappa shape index (κ2) is 7.91. The number of hydrogen-bond donors (Lipinski definition) is 0. The minimum atomic E-state index is -0.440. The van der Waals surface area contributed by atoms with E-state index in [0.717, 1.165) is 0 Å². The van der Waals surface area contributed by atoms with E-state index >= 15 is 0 Å². The summed E-state index contributed by atoms with van der Waals surface area (Å²) in [5, 5.41) is 0. The highest BCUT2D eigenvalue weighted by molar-refractivity contribution is 5.76. The van der Waals surface area contributed by atoms with Crippen LogP contribution in [-0.2, 0) is 9.53 Å². The molecule has 0 saturated carbocycles. The normalized spacial score (nSPS) is 14.3. The summed E-state index contributed by atoms with van der Waals surface area (Å²) in [6.07, 6.45) is 7.73. The summed E-state index contributed by atoms with van der Waals surface area (Å²) in [5.41, 5.74) is -0.491. The number of carbonyl (C=O) groups excluding carboxylic acids is 1. The van der Waals surface area contributed by atoms with Crippen LogP contribution in [0.4, 0.5) is 0 Å². The molecule has 0 aromatic rings. The third-order valence-corrected chi connectivity index (χ3v) is 5.28. The molecule has 2 nitrogen and oxygen atoms in total. The topological polar surface area (TPSA) is 26.3 Å². The number of ether oxygens (including phenoxy) is 1. The van der Waals surface area contributed by atoms with E-state index in [2.05, 4.69) is 27.7 Å². The molecule has 1 unspecified atom stereocenters. The van der Waals surface area contributed by atoms with Gasteiger partial charge in [0.1, 0.15) is 0 Å². The molecule has 0 aromatic heterocycles. The van der Waals surface area contributed by atoms with Gasteiger partial charge in [0.25, 0.3) is 0 Å². The molecule has 0 aromatic carbocycles. The van der Waals surface area contributed by atoms with Crippen LogP contribution in [0.5, 0.6) is 0 Å². The number of methoxy groups -OCH3 is 1. The predicted octanol–water partition coefficient (Wildman–Crippen LogP) is 5.21. The Morgan fingerprint density at radius 3 is 2.05 bits per heavy atom. The molecule has 2 heteroatoms. The van der Waals surface area contributed by atoms with Gasteiger partial charge in [0.05, 0.1) is 12.5 Å². The highest BCUT2D eigenvalue weighted by atomic mass is 16.5. The zero-order valence-corrected chi connectivity index (χ0v) is 14.1. The molecular formula is C17H34O2. The Morgan fingerprint density at radius 1 is 1.05 bits per heavy atom. The number of carbonyl (C=O) groups is 1. The Bertz CT molecular complexity index is 266. The highest BCUT2D eigenvalue weighted by Crippen LogP contribution is 2.46. The Balaban J connectivity index is 4.42. The minimum absolute atomic E-state index is 0.0507. The fourth-order valence-corrected chi connectivity index (χ4v) is 2.55. The first-order valence-electron chi connectivity index (χ1n) is 7.80. The number of hydrogen-bond acceptors (Lipinski definition) is 2. The van der Waals surface area contributed by atoms with Gasteiger partial charge in [-0.1, -0.05) is 66.2 Å². The van der Waals surface area contributed by atoms with E-state index in [0.29, 0.717) is 5.92 Å². The first kappa shape index (κ1) is 18.5. The minimum Gasteiger partial charge on any atom is -0.469 e. The quantitative estimate of drug-likeness (QED) is 0.425. The second-order valence-electron chi connectivity index (χ2n) is 6.94. The van der Waals surface area contributed by atoms with Gasteiger partial charge in [-0.25, -0.2) is 0 Å². The van der Waals surface area contributed by atoms with E-state index in [4.69, 9.17) is 4.74 Å². The van der Waals surface area contributed by atoms with E-state index in [-0.39, 0.29) is 11.4 Å². The molecule has 0 aliphatic rings. The third-order valence-electron chi connectivity index (χ3n) is 5.28. The Hall–Kier alpha value is -0.530. The average molecular weight is 270 g/mol. The van der Waals surface area contributed by atoms with E-state index in [1.54, 1.807) is 0 Å². The maximum absolute atomic E-state index is 12.0. The molecule has 0 radical (unpaired) electrons. The van der Waals surface area contributed by atoms with Crippen molar-refractivity contribution in [1.29, 1.82) is 0 Å². The first-order valence-corrected chi connectivity index (χ1v) is 7.80. The van der Waals surface area contributed by atoms with Gasteiger partial charge in [0.2, 0.25) is 0 Å². The van der Waals surface area contributed by atoms with Crippen LogP contribution in [0, 0.1) is 16.7 Å². The highest BCUT2D eigenvalue weighted by Gasteiger charge is 2.46. The Labute approximate surface area is 120 Å². The van der Waals surface area contributed by atoms with Crippen molar-refractivity contribution in [3.8, 4) is 0 Å². The molecule has 0 aliphatic carbocycles. The Morgan fingerprint density at radius 2 is 1.58 bits per heavy atom. The van der Waals surface area contributed by atoms with Gasteiger partial charge in [-0.2, -0.15) is 0 Å². The molecule has 1 atom stereocenters. The van der Waals surface area contributed by atoms with E-state index in [1.165, 1.54) is 45.6 Å². The lowest BCUT2D eigenvalue weighted by molar-refractivity contribution is -0.160. The molecule has 114 valence electrons. The molecule has 0 N–H and O–H groups in total. The molecule has 0 saturated heterocycles. The van der Waals surface area contributed by atoms with Crippen LogP contribution >= 0.6 is 0 Å². The zero-order chi connectivity index (χ0) is 15.1. The molecule has 0 spiro atoms. The maximum atomic E-state index is 12.0. The standard InChI is InChI=1S/C17H34O2/c1-8-9-10-11-12-13-14(2)16(3,4)17(5,6)15(18)19-7/h14H,8-13H2,1-7H3. The first-order chi connectivity index (χ1) is 8.71. The van der Waals surface area contributed by atoms with Crippen LogP contribution in [0.3, 0.4) is 0 Å². The molecule has 0 aliphatic heterocycles. The lowest BCUT2D eigenvalue weighted by Gasteiger charge is -2.43. The van der Waals surface area contributed by atoms with Gasteiger partial charge >= 0.3 is 5.97 Å². The molecule has 0 rings (SSSR count). The molecule has 0 amide bonds. The summed E-state index contributed by atoms with van der Waals surface area (Å²) < 4.78 is 4.97. The maximum Gasteiger partial charge on any atom is 0.311 e. The van der Waals surface area contributed by atoms with Gasteiger partial charge in [0.15, 0.2) is 0 Å². The lowest BCUT2D eigenvalue weighted by atomic mass is 9.60. The fourth-order valence-electron chi connectivity index (χ4n) is 2.55. The molecule has 0 bridgehead atoms. The predicted molar refractivity (Wildman–Crippen MR) is 82.1 cm³/mol. The van der Waals surface area contributed by atoms with Crippen molar-refractivity contribution < 1.29 is 9.53 Å². The van der Waals surface area contributed by atoms with Crippen molar-refractivity contribution in [1.82, 2.24) is 0 Å². The van der Waals surface area contributed by atoms with Crippen molar-refractivity contribution in [2.24, 2.45) is 16.7 Å². The summed E-state index contributed by atoms with van der Waals surface area (Å²) in [5.74, 6) is 0.415. The second-order valence-corrected chi connectivity index (χ2v) is 6.94. The van der Waals surface area contributed by atoms with Crippen molar-refractivity contribution in [3.63, 3.8) is 0 Å². The molecule has 0 heterocycles. The van der Waals surface area contributed by atoms with Gasteiger partial charge in [-0.05, 0) is 25.2 Å². The summed E-state index contributed by atoms with van der Waals surface area (Å²) >= 11 is 0. The largest absolute Gasteiger partial charge is 0.469 e. The van der Waals surface area contributed by atoms with Crippen molar-refractivity contribution in [2.45, 2.75) is 80.1 Å². The monoisotopic (exact) mass is 270 g/mol. The summed E-state index contributed by atoms with van der Waals surface area (Å²) in [6.45, 7) is 12.9. The SMILES string of the molecule is CCCCCCCC(C)C(C)(C)C(C)(C)C(=O)OC.